The summed E-state index contributed by atoms with van der Waals surface area (Å²) in [6.45, 7) is 2.16. The molecule has 0 saturated carbocycles. The molecule has 4 nitrogen and oxygen atoms in total. The van der Waals surface area contributed by atoms with Gasteiger partial charge in [-0.2, -0.15) is 0 Å². The maximum Gasteiger partial charge on any atom is 0.203 e. The minimum absolute atomic E-state index is 0.180. The third kappa shape index (κ3) is 4.64. The lowest BCUT2D eigenvalue weighted by atomic mass is 9.80. The highest BCUT2D eigenvalue weighted by Gasteiger charge is 2.43. The van der Waals surface area contributed by atoms with E-state index >= 15 is 0 Å². The number of ether oxygens (including phenoxy) is 1. The van der Waals surface area contributed by atoms with Crippen molar-refractivity contribution in [3.8, 4) is 0 Å². The fourth-order valence-electron chi connectivity index (χ4n) is 4.12. The first kappa shape index (κ1) is 21.5. The van der Waals surface area contributed by atoms with Crippen molar-refractivity contribution in [2.75, 3.05) is 0 Å². The average molecular weight is 435 g/mol. The first-order chi connectivity index (χ1) is 14.9. The molecule has 0 fully saturated rings. The van der Waals surface area contributed by atoms with Crippen molar-refractivity contribution in [1.29, 1.82) is 0 Å². The Kier molecular flexibility index (Phi) is 6.10. The van der Waals surface area contributed by atoms with Crippen LogP contribution in [0.15, 0.2) is 107 Å². The highest BCUT2D eigenvalue weighted by atomic mass is 32.2. The standard InChI is InChI=1S/C26H26O4S/c1-26(30-19-20-11-5-2-6-12-20)17-23(27)25(21-13-7-3-8-14-21)24(18-26)31(28,29)22-15-9-4-10-16-22/h2-16,18,23,25,27H,17,19H2,1H3/t23-,25-,26-/m0/s1. The predicted molar refractivity (Wildman–Crippen MR) is 121 cm³/mol. The molecule has 1 N–H and O–H groups in total. The van der Waals surface area contributed by atoms with Gasteiger partial charge in [0.05, 0.1) is 28.1 Å². The second-order valence-corrected chi connectivity index (χ2v) is 10.1. The van der Waals surface area contributed by atoms with Crippen molar-refractivity contribution in [3.63, 3.8) is 0 Å². The van der Waals surface area contributed by atoms with Crippen LogP contribution in [0.3, 0.4) is 0 Å². The smallest absolute Gasteiger partial charge is 0.203 e. The summed E-state index contributed by atoms with van der Waals surface area (Å²) in [5.74, 6) is -0.653. The number of aliphatic hydroxyl groups is 1. The van der Waals surface area contributed by atoms with Crippen LogP contribution in [0.25, 0.3) is 0 Å². The third-order valence-electron chi connectivity index (χ3n) is 5.69. The molecule has 0 unspecified atom stereocenters. The fourth-order valence-corrected chi connectivity index (χ4v) is 5.94. The Bertz CT molecular complexity index is 1140. The van der Waals surface area contributed by atoms with Gasteiger partial charge in [-0.25, -0.2) is 8.42 Å². The van der Waals surface area contributed by atoms with Crippen LogP contribution in [0.5, 0.6) is 0 Å². The molecule has 0 radical (unpaired) electrons. The van der Waals surface area contributed by atoms with E-state index in [1.54, 1.807) is 36.4 Å². The van der Waals surface area contributed by atoms with E-state index in [0.717, 1.165) is 11.1 Å². The predicted octanol–water partition coefficient (Wildman–Crippen LogP) is 4.87. The molecule has 0 bridgehead atoms. The monoisotopic (exact) mass is 434 g/mol. The molecule has 0 saturated heterocycles. The minimum atomic E-state index is -3.83. The van der Waals surface area contributed by atoms with Crippen LogP contribution in [-0.4, -0.2) is 25.2 Å². The highest BCUT2D eigenvalue weighted by molar-refractivity contribution is 7.95. The van der Waals surface area contributed by atoms with Gasteiger partial charge in [-0.3, -0.25) is 0 Å². The van der Waals surface area contributed by atoms with Gasteiger partial charge in [0.25, 0.3) is 0 Å². The lowest BCUT2D eigenvalue weighted by Gasteiger charge is -2.39. The number of hydrogen-bond acceptors (Lipinski definition) is 4. The zero-order chi connectivity index (χ0) is 21.9. The van der Waals surface area contributed by atoms with Crippen LogP contribution in [0.2, 0.25) is 0 Å². The molecule has 0 spiro atoms. The van der Waals surface area contributed by atoms with Crippen molar-refractivity contribution in [2.24, 2.45) is 0 Å². The highest BCUT2D eigenvalue weighted by Crippen LogP contribution is 2.44. The number of benzene rings is 3. The zero-order valence-electron chi connectivity index (χ0n) is 17.4. The van der Waals surface area contributed by atoms with Crippen LogP contribution in [0.1, 0.15) is 30.4 Å². The fraction of sp³-hybridized carbons (Fsp3) is 0.231. The molecule has 0 amide bonds. The Hall–Kier alpha value is -2.73. The molecule has 3 atom stereocenters. The van der Waals surface area contributed by atoms with Gasteiger partial charge in [-0.1, -0.05) is 78.9 Å². The first-order valence-corrected chi connectivity index (χ1v) is 11.8. The number of hydrogen-bond donors (Lipinski definition) is 1. The molecule has 1 aliphatic rings. The maximum absolute atomic E-state index is 13.6. The Balaban J connectivity index is 1.77. The van der Waals surface area contributed by atoms with Crippen LogP contribution in [-0.2, 0) is 21.2 Å². The van der Waals surface area contributed by atoms with Crippen LogP contribution < -0.4 is 0 Å². The maximum atomic E-state index is 13.6. The molecule has 4 rings (SSSR count). The van der Waals surface area contributed by atoms with Gasteiger partial charge in [0.2, 0.25) is 9.84 Å². The molecule has 0 heterocycles. The normalized spacial score (nSPS) is 23.9. The van der Waals surface area contributed by atoms with Crippen molar-refractivity contribution in [1.82, 2.24) is 0 Å². The molecule has 0 aromatic heterocycles. The largest absolute Gasteiger partial charge is 0.392 e. The van der Waals surface area contributed by atoms with Gasteiger partial charge >= 0.3 is 0 Å². The summed E-state index contributed by atoms with van der Waals surface area (Å²) in [7, 11) is -3.83. The molecule has 5 heteroatoms. The van der Waals surface area contributed by atoms with E-state index in [-0.39, 0.29) is 9.80 Å². The van der Waals surface area contributed by atoms with Crippen molar-refractivity contribution in [2.45, 2.75) is 42.5 Å². The Morgan fingerprint density at radius 2 is 1.45 bits per heavy atom. The van der Waals surface area contributed by atoms with Gasteiger partial charge < -0.3 is 9.84 Å². The van der Waals surface area contributed by atoms with E-state index in [1.165, 1.54) is 0 Å². The second-order valence-electron chi connectivity index (χ2n) is 8.11. The van der Waals surface area contributed by atoms with E-state index in [9.17, 15) is 13.5 Å². The molecule has 3 aromatic rings. The average Bonchev–Trinajstić information content (AvgIpc) is 2.79. The van der Waals surface area contributed by atoms with E-state index in [2.05, 4.69) is 0 Å². The molecular weight excluding hydrogens is 408 g/mol. The third-order valence-corrected chi connectivity index (χ3v) is 7.57. The van der Waals surface area contributed by atoms with Crippen molar-refractivity contribution >= 4 is 9.84 Å². The van der Waals surface area contributed by atoms with Crippen LogP contribution >= 0.6 is 0 Å². The van der Waals surface area contributed by atoms with Gasteiger partial charge in [0.15, 0.2) is 0 Å². The Morgan fingerprint density at radius 3 is 2.06 bits per heavy atom. The first-order valence-electron chi connectivity index (χ1n) is 10.3. The Morgan fingerprint density at radius 1 is 0.903 bits per heavy atom. The summed E-state index contributed by atoms with van der Waals surface area (Å²) in [6.07, 6.45) is 1.09. The lowest BCUT2D eigenvalue weighted by molar-refractivity contribution is -0.0481. The van der Waals surface area contributed by atoms with Gasteiger partial charge in [-0.05, 0) is 36.3 Å². The number of rotatable bonds is 6. The SMILES string of the molecule is C[C@@]1(OCc2ccccc2)C=C(S(=O)(=O)c2ccccc2)[C@@H](c2ccccc2)[C@@H](O)C1. The van der Waals surface area contributed by atoms with Gasteiger partial charge in [0, 0.05) is 12.3 Å². The summed E-state index contributed by atoms with van der Waals surface area (Å²) >= 11 is 0. The summed E-state index contributed by atoms with van der Waals surface area (Å²) in [4.78, 5) is 0.390. The number of sulfone groups is 1. The van der Waals surface area contributed by atoms with Gasteiger partial charge in [0.1, 0.15) is 0 Å². The summed E-state index contributed by atoms with van der Waals surface area (Å²) in [6, 6.07) is 27.4. The van der Waals surface area contributed by atoms with Crippen molar-refractivity contribution < 1.29 is 18.3 Å². The quantitative estimate of drug-likeness (QED) is 0.601. The Labute approximate surface area is 183 Å². The molecule has 3 aromatic carbocycles. The zero-order valence-corrected chi connectivity index (χ0v) is 18.2. The molecule has 1 aliphatic carbocycles. The van der Waals surface area contributed by atoms with Crippen LogP contribution in [0.4, 0.5) is 0 Å². The van der Waals surface area contributed by atoms with E-state index < -0.39 is 27.5 Å². The second kappa shape index (κ2) is 8.79. The molecule has 160 valence electrons. The van der Waals surface area contributed by atoms with E-state index in [4.69, 9.17) is 4.74 Å². The summed E-state index contributed by atoms with van der Waals surface area (Å²) < 4.78 is 33.5. The van der Waals surface area contributed by atoms with E-state index in [0.29, 0.717) is 13.0 Å². The molecular formula is C26H26O4S. The topological polar surface area (TPSA) is 63.6 Å². The molecule has 31 heavy (non-hydrogen) atoms. The van der Waals surface area contributed by atoms with Crippen molar-refractivity contribution in [3.05, 3.63) is 113 Å². The number of aliphatic hydroxyl groups excluding tert-OH is 1. The summed E-state index contributed by atoms with van der Waals surface area (Å²) in [5, 5.41) is 11.2. The van der Waals surface area contributed by atoms with Crippen LogP contribution in [0, 0.1) is 0 Å². The van der Waals surface area contributed by atoms with E-state index in [1.807, 2.05) is 67.6 Å². The lowest BCUT2D eigenvalue weighted by Crippen LogP contribution is -2.41. The molecule has 0 aliphatic heterocycles. The summed E-state index contributed by atoms with van der Waals surface area (Å²) in [5.41, 5.74) is 0.840. The minimum Gasteiger partial charge on any atom is -0.392 e. The van der Waals surface area contributed by atoms with Gasteiger partial charge in [-0.15, -0.1) is 0 Å².